The van der Waals surface area contributed by atoms with Gasteiger partial charge in [-0.1, -0.05) is 6.08 Å². The number of rotatable bonds is 11. The first-order valence-electron chi connectivity index (χ1n) is 8.61. The van der Waals surface area contributed by atoms with Gasteiger partial charge in [-0.15, -0.1) is 6.58 Å². The maximum atomic E-state index is 12.2. The predicted molar refractivity (Wildman–Crippen MR) is 105 cm³/mol. The highest BCUT2D eigenvalue weighted by atomic mass is 31.3. The van der Waals surface area contributed by atoms with Crippen LogP contribution in [0.15, 0.2) is 34.5 Å². The van der Waals surface area contributed by atoms with Crippen molar-refractivity contribution in [2.24, 2.45) is 5.73 Å². The molecule has 3 unspecified atom stereocenters. The van der Waals surface area contributed by atoms with E-state index in [4.69, 9.17) is 25.0 Å². The second kappa shape index (κ2) is 10.3. The summed E-state index contributed by atoms with van der Waals surface area (Å²) < 4.78 is 57.1. The Labute approximate surface area is 188 Å². The van der Waals surface area contributed by atoms with Gasteiger partial charge in [-0.3, -0.25) is 20.1 Å². The van der Waals surface area contributed by atoms with Crippen molar-refractivity contribution < 1.29 is 66.1 Å². The zero-order valence-electron chi connectivity index (χ0n) is 16.6. The Bertz CT molecular complexity index is 1160. The van der Waals surface area contributed by atoms with Gasteiger partial charge >= 0.3 is 29.2 Å². The summed E-state index contributed by atoms with van der Waals surface area (Å²) in [5.74, 6) is -3.10. The topological polar surface area (TPSA) is 300 Å². The minimum Gasteiger partial charge on any atom is -0.387 e. The van der Waals surface area contributed by atoms with E-state index in [0.717, 1.165) is 18.3 Å². The van der Waals surface area contributed by atoms with Gasteiger partial charge in [-0.25, -0.2) is 23.0 Å². The normalized spacial score (nSPS) is 28.6. The van der Waals surface area contributed by atoms with E-state index in [1.54, 1.807) is 0 Å². The number of aliphatic hydroxyl groups is 2. The van der Waals surface area contributed by atoms with E-state index in [0.29, 0.717) is 4.57 Å². The second-order valence-corrected chi connectivity index (χ2v) is 10.8. The van der Waals surface area contributed by atoms with Crippen molar-refractivity contribution in [1.82, 2.24) is 9.55 Å². The van der Waals surface area contributed by atoms with Crippen LogP contribution in [0, 0.1) is 0 Å². The predicted octanol–water partition coefficient (Wildman–Crippen LogP) is -2.69. The fourth-order valence-corrected chi connectivity index (χ4v) is 5.83. The SMILES string of the molecule is C=CCOC(N)(OP(=O)(O)OP(=O)(O)OP(=O)(O)O)[C@H]1O[C@@H](n2ccc(=O)[nH]c2=O)[C@H](O)[C@@H]1O. The van der Waals surface area contributed by atoms with Crippen LogP contribution in [0.2, 0.25) is 0 Å². The smallest absolute Gasteiger partial charge is 0.387 e. The summed E-state index contributed by atoms with van der Waals surface area (Å²) in [7, 11) is -17.6. The molecule has 0 spiro atoms. The third-order valence-electron chi connectivity index (χ3n) is 3.86. The fourth-order valence-electron chi connectivity index (χ4n) is 2.68. The van der Waals surface area contributed by atoms with Gasteiger partial charge in [-0.05, 0) is 0 Å². The number of aromatic nitrogens is 2. The minimum absolute atomic E-state index is 0.585. The summed E-state index contributed by atoms with van der Waals surface area (Å²) in [6.45, 7) is 2.70. The first-order chi connectivity index (χ1) is 15.4. The molecule has 1 aromatic heterocycles. The molecule has 0 aliphatic carbocycles. The largest absolute Gasteiger partial charge is 0.490 e. The van der Waals surface area contributed by atoms with E-state index in [1.165, 1.54) is 0 Å². The average Bonchev–Trinajstić information content (AvgIpc) is 2.92. The van der Waals surface area contributed by atoms with Gasteiger partial charge in [0.05, 0.1) is 6.61 Å². The molecular weight excluding hydrogens is 535 g/mol. The first-order valence-corrected chi connectivity index (χ1v) is 13.1. The molecule has 0 amide bonds. The van der Waals surface area contributed by atoms with Crippen LogP contribution in [0.25, 0.3) is 0 Å². The molecule has 22 heteroatoms. The van der Waals surface area contributed by atoms with E-state index in [9.17, 15) is 43.3 Å². The molecule has 0 aromatic carbocycles. The number of aromatic amines is 1. The fraction of sp³-hybridized carbons (Fsp3) is 0.500. The first kappa shape index (κ1) is 28.9. The molecule has 1 aliphatic rings. The zero-order chi connectivity index (χ0) is 26.1. The van der Waals surface area contributed by atoms with Gasteiger partial charge in [0.1, 0.15) is 12.2 Å². The molecule has 2 rings (SSSR count). The van der Waals surface area contributed by atoms with E-state index >= 15 is 0 Å². The third kappa shape index (κ3) is 7.32. The van der Waals surface area contributed by atoms with Gasteiger partial charge in [0.25, 0.3) is 11.5 Å². The van der Waals surface area contributed by atoms with Crippen LogP contribution >= 0.6 is 23.5 Å². The average molecular weight is 555 g/mol. The number of ether oxygens (including phenoxy) is 2. The molecule has 1 aromatic rings. The van der Waals surface area contributed by atoms with Crippen molar-refractivity contribution in [2.45, 2.75) is 30.5 Å². The van der Waals surface area contributed by atoms with E-state index in [2.05, 4.69) is 19.7 Å². The van der Waals surface area contributed by atoms with Gasteiger partial charge in [0.2, 0.25) is 0 Å². The Hall–Kier alpha value is -1.37. The Balaban J connectivity index is 2.37. The number of hydrogen-bond donors (Lipinski definition) is 8. The van der Waals surface area contributed by atoms with E-state index in [-0.39, 0.29) is 0 Å². The summed E-state index contributed by atoms with van der Waals surface area (Å²) in [4.78, 5) is 61.4. The highest BCUT2D eigenvalue weighted by molar-refractivity contribution is 7.66. The lowest BCUT2D eigenvalue weighted by Crippen LogP contribution is -2.59. The van der Waals surface area contributed by atoms with E-state index < -0.39 is 71.8 Å². The van der Waals surface area contributed by atoms with Crippen molar-refractivity contribution in [1.29, 1.82) is 0 Å². The molecule has 1 saturated heterocycles. The second-order valence-electron chi connectivity index (χ2n) is 6.45. The molecule has 1 fully saturated rings. The van der Waals surface area contributed by atoms with Gasteiger partial charge in [0.15, 0.2) is 12.3 Å². The minimum atomic E-state index is -5.94. The number of nitrogens with two attached hydrogens (primary N) is 1. The van der Waals surface area contributed by atoms with Crippen molar-refractivity contribution >= 4 is 23.5 Å². The standard InChI is InChI=1S/C12H20N3O16P3/c1-2-5-27-12(13,29-33(23,24)31-34(25,26)30-32(20,21)22)9-7(17)8(18)10(28-9)15-4-3-6(16)14-11(15)19/h2-4,7-10,17-18H,1,5,13H2,(H,23,24)(H,25,26)(H,14,16,19)(H2,20,21,22)/t7-,8+,9-,10+,12?/m0/s1. The van der Waals surface area contributed by atoms with Crippen LogP contribution in [-0.4, -0.2) is 70.2 Å². The number of H-pyrrole nitrogens is 1. The summed E-state index contributed by atoms with van der Waals surface area (Å²) in [5, 5.41) is 20.7. The Morgan fingerprint density at radius 1 is 1.15 bits per heavy atom. The lowest BCUT2D eigenvalue weighted by Gasteiger charge is -2.35. The highest BCUT2D eigenvalue weighted by Crippen LogP contribution is 2.67. The quantitative estimate of drug-likeness (QED) is 0.0783. The molecule has 0 radical (unpaired) electrons. The van der Waals surface area contributed by atoms with Gasteiger partial charge < -0.3 is 39.3 Å². The molecule has 194 valence electrons. The van der Waals surface area contributed by atoms with Gasteiger partial charge in [-0.2, -0.15) is 8.62 Å². The summed E-state index contributed by atoms with van der Waals surface area (Å²) >= 11 is 0. The monoisotopic (exact) mass is 555 g/mol. The number of phosphoric acid groups is 3. The summed E-state index contributed by atoms with van der Waals surface area (Å²) in [6, 6.07) is 0.868. The molecule has 0 bridgehead atoms. The number of nitrogens with zero attached hydrogens (tertiary/aromatic N) is 1. The Morgan fingerprint density at radius 2 is 1.76 bits per heavy atom. The third-order valence-corrected chi connectivity index (χ3v) is 7.70. The lowest BCUT2D eigenvalue weighted by molar-refractivity contribution is -0.260. The Morgan fingerprint density at radius 3 is 2.29 bits per heavy atom. The lowest BCUT2D eigenvalue weighted by atomic mass is 10.1. The zero-order valence-corrected chi connectivity index (χ0v) is 19.3. The molecular formula is C12H20N3O16P3. The van der Waals surface area contributed by atoms with Crippen LogP contribution < -0.4 is 17.0 Å². The van der Waals surface area contributed by atoms with Crippen LogP contribution in [-0.2, 0) is 36.3 Å². The van der Waals surface area contributed by atoms with Crippen molar-refractivity contribution in [3.8, 4) is 0 Å². The molecule has 0 saturated carbocycles. The van der Waals surface area contributed by atoms with Crippen molar-refractivity contribution in [2.75, 3.05) is 6.61 Å². The number of aliphatic hydroxyl groups excluding tert-OH is 2. The van der Waals surface area contributed by atoms with E-state index in [1.807, 2.05) is 4.98 Å². The van der Waals surface area contributed by atoms with Crippen LogP contribution in [0.4, 0.5) is 0 Å². The molecule has 34 heavy (non-hydrogen) atoms. The Kier molecular flexibility index (Phi) is 8.76. The maximum absolute atomic E-state index is 12.2. The maximum Gasteiger partial charge on any atom is 0.490 e. The number of phosphoric ester groups is 1. The molecule has 2 heterocycles. The van der Waals surface area contributed by atoms with Crippen LogP contribution in [0.5, 0.6) is 0 Å². The van der Waals surface area contributed by atoms with Crippen molar-refractivity contribution in [3.05, 3.63) is 45.8 Å². The van der Waals surface area contributed by atoms with Crippen molar-refractivity contribution in [3.63, 3.8) is 0 Å². The molecule has 19 nitrogen and oxygen atoms in total. The van der Waals surface area contributed by atoms with Crippen LogP contribution in [0.3, 0.4) is 0 Å². The number of hydrogen-bond acceptors (Lipinski definition) is 13. The molecule has 1 aliphatic heterocycles. The molecule has 9 N–H and O–H groups in total. The van der Waals surface area contributed by atoms with Gasteiger partial charge in [0, 0.05) is 12.3 Å². The summed E-state index contributed by atoms with van der Waals surface area (Å²) in [5.41, 5.74) is 3.87. The van der Waals surface area contributed by atoms with Crippen LogP contribution in [0.1, 0.15) is 6.23 Å². The molecule has 7 atom stereocenters. The highest BCUT2D eigenvalue weighted by Gasteiger charge is 2.58. The summed E-state index contributed by atoms with van der Waals surface area (Å²) in [6.07, 6.45) is -6.07. The number of nitrogens with one attached hydrogen (secondary N) is 1.